The summed E-state index contributed by atoms with van der Waals surface area (Å²) < 4.78 is 1.03. The molecule has 26 heavy (non-hydrogen) atoms. The number of nitrogens with zero attached hydrogens (tertiary/aromatic N) is 4. The Morgan fingerprint density at radius 3 is 2.15 bits per heavy atom. The largest absolute Gasteiger partial charge is 0.369 e. The Bertz CT molecular complexity index is 1090. The van der Waals surface area contributed by atoms with Gasteiger partial charge < -0.3 is 19.8 Å². The van der Waals surface area contributed by atoms with Gasteiger partial charge in [0.25, 0.3) is 0 Å². The molecule has 2 N–H and O–H groups in total. The third-order valence-electron chi connectivity index (χ3n) is 5.00. The first-order chi connectivity index (χ1) is 12.7. The van der Waals surface area contributed by atoms with E-state index in [0.29, 0.717) is 0 Å². The Labute approximate surface area is 159 Å². The summed E-state index contributed by atoms with van der Waals surface area (Å²) in [6.45, 7) is 4.31. The molecule has 0 bridgehead atoms. The highest BCUT2D eigenvalue weighted by atomic mass is 79.9. The maximum atomic E-state index is 4.71. The summed E-state index contributed by atoms with van der Waals surface area (Å²) in [6, 6.07) is 12.5. The summed E-state index contributed by atoms with van der Waals surface area (Å²) in [5.74, 6) is 1.53. The van der Waals surface area contributed by atoms with Crippen LogP contribution in [0.25, 0.3) is 33.7 Å². The number of piperazine rings is 1. The van der Waals surface area contributed by atoms with Gasteiger partial charge in [-0.1, -0.05) is 15.9 Å². The molecule has 0 amide bonds. The Balaban J connectivity index is 1.50. The molecule has 0 radical (unpaired) electrons. The van der Waals surface area contributed by atoms with Gasteiger partial charge in [0.2, 0.25) is 0 Å². The van der Waals surface area contributed by atoms with E-state index in [4.69, 9.17) is 4.98 Å². The number of rotatable bonds is 2. The minimum atomic E-state index is 0.760. The average Bonchev–Trinajstić information content (AvgIpc) is 3.24. The molecule has 1 fully saturated rings. The van der Waals surface area contributed by atoms with Crippen LogP contribution < -0.4 is 4.90 Å². The third-order valence-corrected chi connectivity index (χ3v) is 5.50. The molecule has 0 saturated carbocycles. The number of anilines is 1. The molecule has 4 aromatic rings. The minimum Gasteiger partial charge on any atom is -0.369 e. The first-order valence-electron chi connectivity index (χ1n) is 8.75. The molecule has 6 nitrogen and oxygen atoms in total. The standard InChI is InChI=1S/C19H19BrN6/c1-25-6-8-26(9-7-25)13-3-5-15-17(11-13)24-19(22-15)18-21-14-4-2-12(20)10-16(14)23-18/h2-5,10-11H,6-9H2,1H3,(H,21,23)(H,22,24). The Kier molecular flexibility index (Phi) is 3.72. The van der Waals surface area contributed by atoms with Crippen molar-refractivity contribution in [2.45, 2.75) is 0 Å². The van der Waals surface area contributed by atoms with E-state index in [1.165, 1.54) is 5.69 Å². The van der Waals surface area contributed by atoms with Crippen molar-refractivity contribution in [3.63, 3.8) is 0 Å². The van der Waals surface area contributed by atoms with Gasteiger partial charge in [-0.2, -0.15) is 0 Å². The maximum Gasteiger partial charge on any atom is 0.174 e. The molecule has 5 rings (SSSR count). The van der Waals surface area contributed by atoms with Crippen LogP contribution in [0.4, 0.5) is 5.69 Å². The molecule has 132 valence electrons. The number of aromatic amines is 2. The van der Waals surface area contributed by atoms with Gasteiger partial charge in [-0.15, -0.1) is 0 Å². The lowest BCUT2D eigenvalue weighted by atomic mass is 10.2. The zero-order valence-electron chi connectivity index (χ0n) is 14.5. The van der Waals surface area contributed by atoms with Crippen molar-refractivity contribution in [3.8, 4) is 11.6 Å². The second kappa shape index (κ2) is 6.10. The van der Waals surface area contributed by atoms with E-state index in [1.807, 2.05) is 18.2 Å². The number of aromatic nitrogens is 4. The maximum absolute atomic E-state index is 4.71. The van der Waals surface area contributed by atoms with Crippen LogP contribution in [0, 0.1) is 0 Å². The van der Waals surface area contributed by atoms with Crippen LogP contribution in [0.1, 0.15) is 0 Å². The summed E-state index contributed by atoms with van der Waals surface area (Å²) in [5, 5.41) is 0. The molecule has 0 unspecified atom stereocenters. The molecule has 0 atom stereocenters. The van der Waals surface area contributed by atoms with E-state index in [-0.39, 0.29) is 0 Å². The summed E-state index contributed by atoms with van der Waals surface area (Å²) in [7, 11) is 2.17. The average molecular weight is 411 g/mol. The molecular weight excluding hydrogens is 392 g/mol. The fraction of sp³-hybridized carbons (Fsp3) is 0.263. The molecule has 7 heteroatoms. The number of H-pyrrole nitrogens is 2. The van der Waals surface area contributed by atoms with Gasteiger partial charge >= 0.3 is 0 Å². The van der Waals surface area contributed by atoms with Crippen LogP contribution in [0.15, 0.2) is 40.9 Å². The van der Waals surface area contributed by atoms with Crippen molar-refractivity contribution < 1.29 is 0 Å². The number of fused-ring (bicyclic) bond motifs is 2. The highest BCUT2D eigenvalue weighted by Gasteiger charge is 2.16. The van der Waals surface area contributed by atoms with Crippen LogP contribution >= 0.6 is 15.9 Å². The monoisotopic (exact) mass is 410 g/mol. The second-order valence-corrected chi connectivity index (χ2v) is 7.74. The van der Waals surface area contributed by atoms with Crippen molar-refractivity contribution in [3.05, 3.63) is 40.9 Å². The van der Waals surface area contributed by atoms with Crippen LogP contribution in [0.3, 0.4) is 0 Å². The molecular formula is C19H19BrN6. The number of halogens is 1. The molecule has 3 heterocycles. The SMILES string of the molecule is CN1CCN(c2ccc3nc(-c4nc5ccc(Br)cc5[nH]4)[nH]c3c2)CC1. The second-order valence-electron chi connectivity index (χ2n) is 6.82. The lowest BCUT2D eigenvalue weighted by Gasteiger charge is -2.34. The molecule has 1 aliphatic rings. The summed E-state index contributed by atoms with van der Waals surface area (Å²) in [4.78, 5) is 20.9. The fourth-order valence-electron chi connectivity index (χ4n) is 3.47. The molecule has 2 aromatic carbocycles. The first-order valence-corrected chi connectivity index (χ1v) is 9.54. The normalized spacial score (nSPS) is 16.0. The van der Waals surface area contributed by atoms with Gasteiger partial charge in [0.05, 0.1) is 22.1 Å². The number of hydrogen-bond donors (Lipinski definition) is 2. The van der Waals surface area contributed by atoms with Crippen molar-refractivity contribution in [2.75, 3.05) is 38.1 Å². The van der Waals surface area contributed by atoms with Gasteiger partial charge in [0, 0.05) is 36.3 Å². The van der Waals surface area contributed by atoms with Gasteiger partial charge in [0.15, 0.2) is 11.6 Å². The van der Waals surface area contributed by atoms with Crippen LogP contribution in [-0.4, -0.2) is 58.1 Å². The van der Waals surface area contributed by atoms with E-state index < -0.39 is 0 Å². The topological polar surface area (TPSA) is 63.8 Å². The molecule has 1 saturated heterocycles. The molecule has 0 aliphatic carbocycles. The van der Waals surface area contributed by atoms with E-state index in [1.54, 1.807) is 0 Å². The van der Waals surface area contributed by atoms with Gasteiger partial charge in [0.1, 0.15) is 0 Å². The summed E-state index contributed by atoms with van der Waals surface area (Å²) >= 11 is 3.50. The van der Waals surface area contributed by atoms with Crippen LogP contribution in [0.2, 0.25) is 0 Å². The van der Waals surface area contributed by atoms with Crippen LogP contribution in [-0.2, 0) is 0 Å². The zero-order chi connectivity index (χ0) is 17.7. The molecule has 2 aromatic heterocycles. The Morgan fingerprint density at radius 1 is 0.846 bits per heavy atom. The van der Waals surface area contributed by atoms with Gasteiger partial charge in [-0.3, -0.25) is 0 Å². The summed E-state index contributed by atoms with van der Waals surface area (Å²) in [6.07, 6.45) is 0. The fourth-order valence-corrected chi connectivity index (χ4v) is 3.83. The van der Waals surface area contributed by atoms with Crippen molar-refractivity contribution in [1.29, 1.82) is 0 Å². The number of imidazole rings is 2. The van der Waals surface area contributed by atoms with Gasteiger partial charge in [-0.25, -0.2) is 9.97 Å². The van der Waals surface area contributed by atoms with Crippen molar-refractivity contribution in [2.24, 2.45) is 0 Å². The highest BCUT2D eigenvalue weighted by molar-refractivity contribution is 9.10. The number of hydrogen-bond acceptors (Lipinski definition) is 4. The Morgan fingerprint density at radius 2 is 1.46 bits per heavy atom. The number of likely N-dealkylation sites (N-methyl/N-ethyl adjacent to an activating group) is 1. The molecule has 0 spiro atoms. The van der Waals surface area contributed by atoms with E-state index in [2.05, 4.69) is 65.9 Å². The lowest BCUT2D eigenvalue weighted by molar-refractivity contribution is 0.313. The van der Waals surface area contributed by atoms with Crippen LogP contribution in [0.5, 0.6) is 0 Å². The van der Waals surface area contributed by atoms with Crippen molar-refractivity contribution >= 4 is 43.7 Å². The lowest BCUT2D eigenvalue weighted by Crippen LogP contribution is -2.44. The third kappa shape index (κ3) is 2.77. The number of nitrogens with one attached hydrogen (secondary N) is 2. The van der Waals surface area contributed by atoms with E-state index in [9.17, 15) is 0 Å². The smallest absolute Gasteiger partial charge is 0.174 e. The predicted octanol–water partition coefficient (Wildman–Crippen LogP) is 3.62. The predicted molar refractivity (Wildman–Crippen MR) is 109 cm³/mol. The highest BCUT2D eigenvalue weighted by Crippen LogP contribution is 2.26. The van der Waals surface area contributed by atoms with Crippen molar-refractivity contribution in [1.82, 2.24) is 24.8 Å². The Hall–Kier alpha value is -2.38. The zero-order valence-corrected chi connectivity index (χ0v) is 16.0. The number of benzene rings is 2. The van der Waals surface area contributed by atoms with E-state index >= 15 is 0 Å². The van der Waals surface area contributed by atoms with E-state index in [0.717, 1.165) is 64.4 Å². The molecule has 1 aliphatic heterocycles. The first kappa shape index (κ1) is 15.8. The minimum absolute atomic E-state index is 0.760. The van der Waals surface area contributed by atoms with Gasteiger partial charge in [-0.05, 0) is 43.4 Å². The quantitative estimate of drug-likeness (QED) is 0.529. The summed E-state index contributed by atoms with van der Waals surface area (Å²) in [5.41, 5.74) is 5.17.